The first kappa shape index (κ1) is 16.5. The number of nitrogens with zero attached hydrogens (tertiary/aromatic N) is 3. The number of piperazine rings is 1. The molecule has 2 saturated heterocycles. The Hall–Kier alpha value is -0.900. The van der Waals surface area contributed by atoms with Gasteiger partial charge in [-0.3, -0.25) is 9.80 Å². The maximum atomic E-state index is 11.8. The van der Waals surface area contributed by atoms with Gasteiger partial charge < -0.3 is 9.64 Å². The third kappa shape index (κ3) is 4.53. The third-order valence-electron chi connectivity index (χ3n) is 3.86. The minimum absolute atomic E-state index is 0.417. The molecule has 2 rings (SSSR count). The van der Waals surface area contributed by atoms with Crippen LogP contribution in [0.2, 0.25) is 0 Å². The first-order chi connectivity index (χ1) is 9.76. The highest BCUT2D eigenvalue weighted by molar-refractivity contribution is 7.86. The van der Waals surface area contributed by atoms with Gasteiger partial charge in [-0.05, 0) is 14.0 Å². The fourth-order valence-corrected chi connectivity index (χ4v) is 3.01. The monoisotopic (exact) mass is 321 g/mol. The molecule has 0 bridgehead atoms. The summed E-state index contributed by atoms with van der Waals surface area (Å²) in [6.45, 7) is 6.95. The molecule has 0 saturated carbocycles. The van der Waals surface area contributed by atoms with Crippen LogP contribution < -0.4 is 0 Å². The topological polar surface area (TPSA) is 79.4 Å². The minimum atomic E-state index is -3.65. The van der Waals surface area contributed by atoms with Crippen LogP contribution >= 0.6 is 0 Å². The minimum Gasteiger partial charge on any atom is -0.416 e. The number of amides is 1. The molecule has 0 aromatic rings. The first-order valence-corrected chi connectivity index (χ1v) is 8.84. The van der Waals surface area contributed by atoms with E-state index in [9.17, 15) is 13.2 Å². The molecule has 0 spiro atoms. The van der Waals surface area contributed by atoms with Gasteiger partial charge in [-0.15, -0.1) is 0 Å². The standard InChI is InChI=1S/C12H23N3O5S/c1-10-11(20-21(3,17)18)19-12(16)15(10)9-8-14-6-4-13(2)5-7-14/h10-11H,4-9H2,1-3H3. The average Bonchev–Trinajstić information content (AvgIpc) is 2.62. The Morgan fingerprint density at radius 1 is 1.24 bits per heavy atom. The summed E-state index contributed by atoms with van der Waals surface area (Å²) < 4.78 is 32.0. The first-order valence-electron chi connectivity index (χ1n) is 7.02. The van der Waals surface area contributed by atoms with E-state index in [-0.39, 0.29) is 0 Å². The lowest BCUT2D eigenvalue weighted by molar-refractivity contribution is -0.00760. The molecule has 0 aliphatic carbocycles. The molecule has 2 aliphatic rings. The highest BCUT2D eigenvalue weighted by Gasteiger charge is 2.41. The molecule has 9 heteroatoms. The zero-order valence-corrected chi connectivity index (χ0v) is 13.5. The van der Waals surface area contributed by atoms with E-state index in [0.717, 1.165) is 39.0 Å². The highest BCUT2D eigenvalue weighted by atomic mass is 32.2. The number of carbonyl (C=O) groups is 1. The van der Waals surface area contributed by atoms with Gasteiger partial charge in [0, 0.05) is 39.3 Å². The second-order valence-corrected chi connectivity index (χ2v) is 7.23. The van der Waals surface area contributed by atoms with Gasteiger partial charge in [0.1, 0.15) is 0 Å². The van der Waals surface area contributed by atoms with Gasteiger partial charge in [0.25, 0.3) is 10.1 Å². The molecule has 2 fully saturated rings. The molecule has 1 amide bonds. The van der Waals surface area contributed by atoms with Crippen LogP contribution in [0.15, 0.2) is 0 Å². The summed E-state index contributed by atoms with van der Waals surface area (Å²) >= 11 is 0. The fraction of sp³-hybridized carbons (Fsp3) is 0.917. The summed E-state index contributed by atoms with van der Waals surface area (Å²) in [5.41, 5.74) is 0. The number of carbonyl (C=O) groups excluding carboxylic acids is 1. The smallest absolute Gasteiger partial charge is 0.412 e. The van der Waals surface area contributed by atoms with Crippen molar-refractivity contribution in [2.24, 2.45) is 0 Å². The molecule has 21 heavy (non-hydrogen) atoms. The number of rotatable bonds is 5. The molecule has 0 radical (unpaired) electrons. The van der Waals surface area contributed by atoms with Crippen molar-refractivity contribution in [1.82, 2.24) is 14.7 Å². The quantitative estimate of drug-likeness (QED) is 0.624. The number of likely N-dealkylation sites (N-methyl/N-ethyl adjacent to an activating group) is 1. The van der Waals surface area contributed by atoms with Crippen LogP contribution in [0.4, 0.5) is 4.79 Å². The maximum Gasteiger partial charge on any atom is 0.412 e. The molecule has 2 aliphatic heterocycles. The van der Waals surface area contributed by atoms with Crippen molar-refractivity contribution in [1.29, 1.82) is 0 Å². The number of ether oxygens (including phenoxy) is 1. The molecule has 0 N–H and O–H groups in total. The summed E-state index contributed by atoms with van der Waals surface area (Å²) in [7, 11) is -1.56. The highest BCUT2D eigenvalue weighted by Crippen LogP contribution is 2.21. The summed E-state index contributed by atoms with van der Waals surface area (Å²) in [6.07, 6.45) is -0.634. The molecular weight excluding hydrogens is 298 g/mol. The fourth-order valence-electron chi connectivity index (χ4n) is 2.47. The van der Waals surface area contributed by atoms with Gasteiger partial charge in [0.15, 0.2) is 0 Å². The van der Waals surface area contributed by atoms with E-state index in [2.05, 4.69) is 16.8 Å². The van der Waals surface area contributed by atoms with Crippen LogP contribution in [-0.2, 0) is 19.0 Å². The Labute approximate surface area is 125 Å². The van der Waals surface area contributed by atoms with Crippen molar-refractivity contribution < 1.29 is 22.1 Å². The largest absolute Gasteiger partial charge is 0.416 e. The Balaban J connectivity index is 1.84. The maximum absolute atomic E-state index is 11.8. The van der Waals surface area contributed by atoms with Crippen molar-refractivity contribution >= 4 is 16.2 Å². The zero-order chi connectivity index (χ0) is 15.6. The Kier molecular flexibility index (Phi) is 5.07. The van der Waals surface area contributed by atoms with Crippen LogP contribution in [0.1, 0.15) is 6.92 Å². The van der Waals surface area contributed by atoms with Gasteiger partial charge in [0.2, 0.25) is 6.29 Å². The Bertz CT molecular complexity index is 475. The van der Waals surface area contributed by atoms with Gasteiger partial charge in [-0.25, -0.2) is 8.98 Å². The Morgan fingerprint density at radius 3 is 2.43 bits per heavy atom. The number of cyclic esters (lactones) is 1. The summed E-state index contributed by atoms with van der Waals surface area (Å²) in [4.78, 5) is 17.9. The van der Waals surface area contributed by atoms with Crippen molar-refractivity contribution in [2.45, 2.75) is 19.3 Å². The van der Waals surface area contributed by atoms with Gasteiger partial charge in [-0.1, -0.05) is 0 Å². The van der Waals surface area contributed by atoms with Crippen molar-refractivity contribution in [2.75, 3.05) is 52.6 Å². The van der Waals surface area contributed by atoms with E-state index in [1.54, 1.807) is 6.92 Å². The van der Waals surface area contributed by atoms with Crippen LogP contribution in [0.3, 0.4) is 0 Å². The number of hydrogen-bond donors (Lipinski definition) is 0. The van der Waals surface area contributed by atoms with E-state index in [1.807, 2.05) is 0 Å². The average molecular weight is 321 g/mol. The molecular formula is C12H23N3O5S. The van der Waals surface area contributed by atoms with Gasteiger partial charge in [-0.2, -0.15) is 8.42 Å². The van der Waals surface area contributed by atoms with Crippen molar-refractivity contribution in [3.8, 4) is 0 Å². The van der Waals surface area contributed by atoms with Gasteiger partial charge in [0.05, 0.1) is 12.3 Å². The van der Waals surface area contributed by atoms with Crippen LogP contribution in [0, 0.1) is 0 Å². The van der Waals surface area contributed by atoms with E-state index >= 15 is 0 Å². The molecule has 0 aromatic carbocycles. The zero-order valence-electron chi connectivity index (χ0n) is 12.7. The molecule has 2 unspecified atom stereocenters. The number of hydrogen-bond acceptors (Lipinski definition) is 7. The van der Waals surface area contributed by atoms with Gasteiger partial charge >= 0.3 is 6.09 Å². The summed E-state index contributed by atoms with van der Waals surface area (Å²) in [6, 6.07) is -0.417. The predicted molar refractivity (Wildman–Crippen MR) is 76.3 cm³/mol. The van der Waals surface area contributed by atoms with Crippen molar-refractivity contribution in [3.05, 3.63) is 0 Å². The Morgan fingerprint density at radius 2 is 1.86 bits per heavy atom. The molecule has 0 aromatic heterocycles. The molecule has 2 heterocycles. The van der Waals surface area contributed by atoms with Crippen LogP contribution in [-0.4, -0.2) is 94.1 Å². The third-order valence-corrected chi connectivity index (χ3v) is 4.40. The second-order valence-electron chi connectivity index (χ2n) is 5.63. The van der Waals surface area contributed by atoms with E-state index < -0.39 is 28.5 Å². The molecule has 122 valence electrons. The predicted octanol–water partition coefficient (Wildman–Crippen LogP) is -0.623. The van der Waals surface area contributed by atoms with Crippen LogP contribution in [0.5, 0.6) is 0 Å². The SMILES string of the molecule is CC1C(OS(C)(=O)=O)OC(=O)N1CCN1CCN(C)CC1. The molecule has 8 nitrogen and oxygen atoms in total. The van der Waals surface area contributed by atoms with E-state index in [4.69, 9.17) is 8.92 Å². The summed E-state index contributed by atoms with van der Waals surface area (Å²) in [5.74, 6) is 0. The normalized spacial score (nSPS) is 28.9. The lowest BCUT2D eigenvalue weighted by atomic mass is 10.3. The van der Waals surface area contributed by atoms with E-state index in [0.29, 0.717) is 6.54 Å². The summed E-state index contributed by atoms with van der Waals surface area (Å²) in [5, 5.41) is 0. The lowest BCUT2D eigenvalue weighted by Crippen LogP contribution is -2.48. The van der Waals surface area contributed by atoms with Crippen molar-refractivity contribution in [3.63, 3.8) is 0 Å². The molecule has 2 atom stereocenters. The van der Waals surface area contributed by atoms with Crippen LogP contribution in [0.25, 0.3) is 0 Å². The van der Waals surface area contributed by atoms with E-state index in [1.165, 1.54) is 4.90 Å². The second kappa shape index (κ2) is 6.47. The lowest BCUT2D eigenvalue weighted by Gasteiger charge is -2.33.